The van der Waals surface area contributed by atoms with Crippen molar-refractivity contribution in [2.75, 3.05) is 5.75 Å². The van der Waals surface area contributed by atoms with Gasteiger partial charge in [0.05, 0.1) is 0 Å². The highest BCUT2D eigenvalue weighted by Crippen LogP contribution is 2.15. The van der Waals surface area contributed by atoms with Gasteiger partial charge in [-0.1, -0.05) is 18.2 Å². The summed E-state index contributed by atoms with van der Waals surface area (Å²) in [6, 6.07) is 6.20. The van der Waals surface area contributed by atoms with Crippen LogP contribution < -0.4 is 4.72 Å². The summed E-state index contributed by atoms with van der Waals surface area (Å²) in [6.07, 6.45) is 0. The van der Waals surface area contributed by atoms with Crippen LogP contribution in [0.15, 0.2) is 24.3 Å². The van der Waals surface area contributed by atoms with E-state index in [1.54, 1.807) is 18.2 Å². The van der Waals surface area contributed by atoms with Crippen LogP contribution in [0, 0.1) is 0 Å². The topological polar surface area (TPSA) is 104 Å². The molecule has 1 aromatic rings. The Balaban J connectivity index is 2.65. The number of aliphatic carboxylic acids is 1. The molecule has 0 heterocycles. The van der Waals surface area contributed by atoms with Gasteiger partial charge in [0.25, 0.3) is 0 Å². The zero-order valence-corrected chi connectivity index (χ0v) is 9.07. The van der Waals surface area contributed by atoms with E-state index < -0.39 is 21.7 Å². The van der Waals surface area contributed by atoms with Gasteiger partial charge in [-0.25, -0.2) is 13.1 Å². The lowest BCUT2D eigenvalue weighted by molar-refractivity contribution is -0.134. The van der Waals surface area contributed by atoms with E-state index in [-0.39, 0.29) is 12.3 Å². The number of rotatable bonds is 5. The maximum Gasteiger partial charge on any atom is 0.320 e. The molecule has 0 aromatic heterocycles. The Morgan fingerprint density at radius 3 is 2.50 bits per heavy atom. The van der Waals surface area contributed by atoms with Crippen molar-refractivity contribution in [3.05, 3.63) is 29.8 Å². The smallest absolute Gasteiger partial charge is 0.320 e. The van der Waals surface area contributed by atoms with Crippen LogP contribution in [0.25, 0.3) is 0 Å². The SMILES string of the molecule is O=C(O)CS(=O)(=O)NCc1ccccc1O. The molecule has 1 aromatic carbocycles. The Morgan fingerprint density at radius 2 is 1.94 bits per heavy atom. The van der Waals surface area contributed by atoms with E-state index in [1.807, 2.05) is 0 Å². The molecule has 6 nitrogen and oxygen atoms in total. The minimum absolute atomic E-state index is 0.0412. The average Bonchev–Trinajstić information content (AvgIpc) is 2.14. The van der Waals surface area contributed by atoms with Gasteiger partial charge in [0.15, 0.2) is 5.75 Å². The second kappa shape index (κ2) is 4.95. The normalized spacial score (nSPS) is 11.2. The fourth-order valence-electron chi connectivity index (χ4n) is 1.06. The van der Waals surface area contributed by atoms with Crippen molar-refractivity contribution in [3.8, 4) is 5.75 Å². The summed E-state index contributed by atoms with van der Waals surface area (Å²) in [5.74, 6) is -2.45. The first-order chi connectivity index (χ1) is 7.41. The van der Waals surface area contributed by atoms with Gasteiger partial charge in [-0.2, -0.15) is 0 Å². The summed E-state index contributed by atoms with van der Waals surface area (Å²) in [6.45, 7) is -0.137. The maximum absolute atomic E-state index is 11.2. The molecule has 0 amide bonds. The summed E-state index contributed by atoms with van der Waals surface area (Å²) in [7, 11) is -3.86. The first kappa shape index (κ1) is 12.5. The Labute approximate surface area is 92.6 Å². The molecule has 16 heavy (non-hydrogen) atoms. The number of aromatic hydroxyl groups is 1. The third-order valence-corrected chi connectivity index (χ3v) is 3.00. The quantitative estimate of drug-likeness (QED) is 0.671. The van der Waals surface area contributed by atoms with E-state index >= 15 is 0 Å². The summed E-state index contributed by atoms with van der Waals surface area (Å²) in [5.41, 5.74) is 0.386. The summed E-state index contributed by atoms with van der Waals surface area (Å²) < 4.78 is 24.4. The average molecular weight is 245 g/mol. The Kier molecular flexibility index (Phi) is 3.86. The van der Waals surface area contributed by atoms with Crippen molar-refractivity contribution in [1.29, 1.82) is 0 Å². The van der Waals surface area contributed by atoms with Gasteiger partial charge < -0.3 is 10.2 Å². The van der Waals surface area contributed by atoms with Crippen molar-refractivity contribution in [3.63, 3.8) is 0 Å². The van der Waals surface area contributed by atoms with Crippen molar-refractivity contribution >= 4 is 16.0 Å². The number of hydrogen-bond acceptors (Lipinski definition) is 4. The van der Waals surface area contributed by atoms with E-state index in [2.05, 4.69) is 4.72 Å². The second-order valence-corrected chi connectivity index (χ2v) is 4.91. The summed E-state index contributed by atoms with van der Waals surface area (Å²) in [4.78, 5) is 10.2. The molecule has 0 bridgehead atoms. The van der Waals surface area contributed by atoms with E-state index in [4.69, 9.17) is 5.11 Å². The van der Waals surface area contributed by atoms with Crippen LogP contribution in [-0.4, -0.2) is 30.4 Å². The predicted molar refractivity (Wildman–Crippen MR) is 56.4 cm³/mol. The number of carboxylic acid groups (broad SMARTS) is 1. The molecule has 1 rings (SSSR count). The van der Waals surface area contributed by atoms with Gasteiger partial charge in [-0.3, -0.25) is 4.79 Å². The third-order valence-electron chi connectivity index (χ3n) is 1.79. The number of phenols is 1. The lowest BCUT2D eigenvalue weighted by atomic mass is 10.2. The molecular formula is C9H11NO5S. The molecule has 0 radical (unpaired) electrons. The number of phenolic OH excluding ortho intramolecular Hbond substituents is 1. The first-order valence-corrected chi connectivity index (χ1v) is 6.02. The van der Waals surface area contributed by atoms with Crippen LogP contribution in [0.5, 0.6) is 5.75 Å². The number of para-hydroxylation sites is 1. The number of hydrogen-bond donors (Lipinski definition) is 3. The molecule has 0 unspecified atom stereocenters. The molecule has 0 spiro atoms. The predicted octanol–water partition coefficient (Wildman–Crippen LogP) is -0.104. The van der Waals surface area contributed by atoms with Crippen molar-refractivity contribution in [2.45, 2.75) is 6.54 Å². The van der Waals surface area contributed by atoms with E-state index in [0.717, 1.165) is 0 Å². The lowest BCUT2D eigenvalue weighted by Gasteiger charge is -2.06. The molecule has 88 valence electrons. The highest BCUT2D eigenvalue weighted by atomic mass is 32.2. The number of sulfonamides is 1. The monoisotopic (exact) mass is 245 g/mol. The van der Waals surface area contributed by atoms with E-state index in [9.17, 15) is 18.3 Å². The summed E-state index contributed by atoms with van der Waals surface area (Å²) >= 11 is 0. The van der Waals surface area contributed by atoms with E-state index in [1.165, 1.54) is 6.07 Å². The fourth-order valence-corrected chi connectivity index (χ4v) is 1.86. The molecule has 0 aliphatic rings. The van der Waals surface area contributed by atoms with Crippen molar-refractivity contribution in [1.82, 2.24) is 4.72 Å². The molecular weight excluding hydrogens is 234 g/mol. The molecule has 0 saturated heterocycles. The van der Waals surface area contributed by atoms with Gasteiger partial charge in [-0.15, -0.1) is 0 Å². The first-order valence-electron chi connectivity index (χ1n) is 4.37. The van der Waals surface area contributed by atoms with Gasteiger partial charge in [0, 0.05) is 12.1 Å². The molecule has 0 aliphatic carbocycles. The van der Waals surface area contributed by atoms with Crippen LogP contribution >= 0.6 is 0 Å². The lowest BCUT2D eigenvalue weighted by Crippen LogP contribution is -2.29. The number of carboxylic acids is 1. The highest BCUT2D eigenvalue weighted by Gasteiger charge is 2.15. The van der Waals surface area contributed by atoms with E-state index in [0.29, 0.717) is 5.56 Å². The summed E-state index contributed by atoms with van der Waals surface area (Å²) in [5, 5.41) is 17.7. The Morgan fingerprint density at radius 1 is 1.31 bits per heavy atom. The van der Waals surface area contributed by atoms with Crippen LogP contribution in [0.3, 0.4) is 0 Å². The second-order valence-electron chi connectivity index (χ2n) is 3.10. The molecule has 0 aliphatic heterocycles. The zero-order chi connectivity index (χ0) is 12.2. The largest absolute Gasteiger partial charge is 0.508 e. The van der Waals surface area contributed by atoms with Crippen LogP contribution in [0.1, 0.15) is 5.56 Å². The Hall–Kier alpha value is -1.60. The zero-order valence-electron chi connectivity index (χ0n) is 8.25. The highest BCUT2D eigenvalue weighted by molar-refractivity contribution is 7.90. The number of benzene rings is 1. The van der Waals surface area contributed by atoms with Crippen LogP contribution in [0.2, 0.25) is 0 Å². The molecule has 7 heteroatoms. The maximum atomic E-state index is 11.2. The Bertz CT molecular complexity index is 482. The number of carbonyl (C=O) groups is 1. The van der Waals surface area contributed by atoms with Gasteiger partial charge in [0.1, 0.15) is 5.75 Å². The molecule has 0 saturated carbocycles. The van der Waals surface area contributed by atoms with Gasteiger partial charge in [-0.05, 0) is 6.07 Å². The molecule has 0 fully saturated rings. The van der Waals surface area contributed by atoms with Gasteiger partial charge >= 0.3 is 5.97 Å². The fraction of sp³-hybridized carbons (Fsp3) is 0.222. The van der Waals surface area contributed by atoms with Crippen molar-refractivity contribution < 1.29 is 23.4 Å². The van der Waals surface area contributed by atoms with Crippen LogP contribution in [-0.2, 0) is 21.4 Å². The minimum atomic E-state index is -3.86. The third kappa shape index (κ3) is 3.87. The standard InChI is InChI=1S/C9H11NO5S/c11-8-4-2-1-3-7(8)5-10-16(14,15)6-9(12)13/h1-4,10-11H,5-6H2,(H,12,13). The van der Waals surface area contributed by atoms with Crippen LogP contribution in [0.4, 0.5) is 0 Å². The minimum Gasteiger partial charge on any atom is -0.508 e. The molecule has 3 N–H and O–H groups in total. The van der Waals surface area contributed by atoms with Crippen molar-refractivity contribution in [2.24, 2.45) is 0 Å². The van der Waals surface area contributed by atoms with Gasteiger partial charge in [0.2, 0.25) is 10.0 Å². The number of nitrogens with one attached hydrogen (secondary N) is 1. The molecule has 0 atom stereocenters.